The summed E-state index contributed by atoms with van der Waals surface area (Å²) in [5, 5.41) is 7.37. The predicted molar refractivity (Wildman–Crippen MR) is 75.4 cm³/mol. The van der Waals surface area contributed by atoms with Gasteiger partial charge in [0.25, 0.3) is 0 Å². The number of nitrogens with zero attached hydrogens (tertiary/aromatic N) is 2. The largest absolute Gasteiger partial charge is 0.369 e. The first kappa shape index (κ1) is 13.3. The Morgan fingerprint density at radius 3 is 3.05 bits per heavy atom. The minimum Gasteiger partial charge on any atom is -0.369 e. The van der Waals surface area contributed by atoms with Crippen LogP contribution in [0.15, 0.2) is 22.7 Å². The Morgan fingerprint density at radius 2 is 2.30 bits per heavy atom. The van der Waals surface area contributed by atoms with Gasteiger partial charge in [-0.2, -0.15) is 0 Å². The Kier molecular flexibility index (Phi) is 3.80. The maximum atomic E-state index is 5.76. The summed E-state index contributed by atoms with van der Waals surface area (Å²) in [6.07, 6.45) is 0.831. The highest BCUT2D eigenvalue weighted by molar-refractivity contribution is 5.64. The molecule has 2 aromatic heterocycles. The van der Waals surface area contributed by atoms with E-state index >= 15 is 0 Å². The molecule has 1 N–H and O–H groups in total. The molecule has 0 radical (unpaired) electrons. The van der Waals surface area contributed by atoms with Crippen LogP contribution in [0, 0.1) is 6.92 Å². The SMILES string of the molecule is CCc1onc(C)c1-c1cccc([C@H]2CNCCO2)n1. The Morgan fingerprint density at radius 1 is 1.40 bits per heavy atom. The highest BCUT2D eigenvalue weighted by Gasteiger charge is 2.20. The molecule has 3 rings (SSSR count). The number of rotatable bonds is 3. The third kappa shape index (κ3) is 2.46. The van der Waals surface area contributed by atoms with E-state index in [2.05, 4.69) is 17.4 Å². The van der Waals surface area contributed by atoms with Crippen LogP contribution in [0.5, 0.6) is 0 Å². The lowest BCUT2D eigenvalue weighted by Crippen LogP contribution is -2.33. The quantitative estimate of drug-likeness (QED) is 0.929. The van der Waals surface area contributed by atoms with Gasteiger partial charge in [0.1, 0.15) is 11.9 Å². The van der Waals surface area contributed by atoms with Gasteiger partial charge >= 0.3 is 0 Å². The van der Waals surface area contributed by atoms with E-state index in [4.69, 9.17) is 14.2 Å². The first-order valence-electron chi connectivity index (χ1n) is 7.04. The fourth-order valence-corrected chi connectivity index (χ4v) is 2.51. The molecule has 5 heteroatoms. The Balaban J connectivity index is 1.96. The molecule has 1 aliphatic rings. The molecule has 3 heterocycles. The smallest absolute Gasteiger partial charge is 0.146 e. The summed E-state index contributed by atoms with van der Waals surface area (Å²) < 4.78 is 11.1. The van der Waals surface area contributed by atoms with Crippen LogP contribution in [-0.2, 0) is 11.2 Å². The summed E-state index contributed by atoms with van der Waals surface area (Å²) >= 11 is 0. The van der Waals surface area contributed by atoms with Crippen molar-refractivity contribution in [1.29, 1.82) is 0 Å². The third-order valence-electron chi connectivity index (χ3n) is 3.54. The van der Waals surface area contributed by atoms with Crippen LogP contribution in [0.4, 0.5) is 0 Å². The maximum absolute atomic E-state index is 5.76. The van der Waals surface area contributed by atoms with Crippen LogP contribution in [0.1, 0.15) is 30.2 Å². The molecule has 106 valence electrons. The normalized spacial score (nSPS) is 19.2. The van der Waals surface area contributed by atoms with Gasteiger partial charge in [0, 0.05) is 19.5 Å². The standard InChI is InChI=1S/C15H19N3O2/c1-3-13-15(10(2)18-20-13)12-6-4-5-11(17-12)14-9-16-7-8-19-14/h4-6,14,16H,3,7-9H2,1-2H3/t14-/m1/s1. The second-order valence-corrected chi connectivity index (χ2v) is 4.93. The fourth-order valence-electron chi connectivity index (χ4n) is 2.51. The van der Waals surface area contributed by atoms with Crippen LogP contribution in [-0.4, -0.2) is 29.8 Å². The van der Waals surface area contributed by atoms with E-state index in [1.165, 1.54) is 0 Å². The number of ether oxygens (including phenoxy) is 1. The zero-order chi connectivity index (χ0) is 13.9. The molecule has 1 aliphatic heterocycles. The molecule has 0 aliphatic carbocycles. The van der Waals surface area contributed by atoms with Gasteiger partial charge in [-0.15, -0.1) is 0 Å². The van der Waals surface area contributed by atoms with E-state index in [1.54, 1.807) is 0 Å². The fraction of sp³-hybridized carbons (Fsp3) is 0.467. The van der Waals surface area contributed by atoms with Crippen molar-refractivity contribution in [3.63, 3.8) is 0 Å². The molecule has 0 spiro atoms. The lowest BCUT2D eigenvalue weighted by Gasteiger charge is -2.23. The summed E-state index contributed by atoms with van der Waals surface area (Å²) in [5.74, 6) is 0.884. The first-order chi connectivity index (χ1) is 9.79. The van der Waals surface area contributed by atoms with Gasteiger partial charge in [0.05, 0.1) is 29.3 Å². The molecule has 1 atom stereocenters. The number of aryl methyl sites for hydroxylation is 2. The van der Waals surface area contributed by atoms with E-state index in [0.717, 1.165) is 54.5 Å². The molecule has 0 unspecified atom stereocenters. The van der Waals surface area contributed by atoms with Crippen LogP contribution < -0.4 is 5.32 Å². The van der Waals surface area contributed by atoms with Gasteiger partial charge in [0.2, 0.25) is 0 Å². The number of hydrogen-bond acceptors (Lipinski definition) is 5. The van der Waals surface area contributed by atoms with E-state index in [0.29, 0.717) is 0 Å². The van der Waals surface area contributed by atoms with E-state index in [-0.39, 0.29) is 6.10 Å². The second kappa shape index (κ2) is 5.73. The van der Waals surface area contributed by atoms with Gasteiger partial charge in [-0.05, 0) is 19.1 Å². The molecule has 0 aromatic carbocycles. The zero-order valence-corrected chi connectivity index (χ0v) is 11.8. The first-order valence-corrected chi connectivity index (χ1v) is 7.04. The number of morpholine rings is 1. The monoisotopic (exact) mass is 273 g/mol. The molecule has 0 saturated carbocycles. The Hall–Kier alpha value is -1.72. The molecule has 0 bridgehead atoms. The lowest BCUT2D eigenvalue weighted by molar-refractivity contribution is 0.0251. The molecular formula is C15H19N3O2. The molecule has 5 nitrogen and oxygen atoms in total. The average molecular weight is 273 g/mol. The minimum absolute atomic E-state index is 0.0222. The van der Waals surface area contributed by atoms with Gasteiger partial charge in [-0.25, -0.2) is 4.98 Å². The zero-order valence-electron chi connectivity index (χ0n) is 11.8. The van der Waals surface area contributed by atoms with Crippen molar-refractivity contribution in [2.45, 2.75) is 26.4 Å². The average Bonchev–Trinajstić information content (AvgIpc) is 2.89. The number of hydrogen-bond donors (Lipinski definition) is 1. The minimum atomic E-state index is 0.0222. The molecule has 20 heavy (non-hydrogen) atoms. The van der Waals surface area contributed by atoms with Crippen molar-refractivity contribution in [2.24, 2.45) is 0 Å². The molecule has 1 fully saturated rings. The van der Waals surface area contributed by atoms with Gasteiger partial charge in [-0.3, -0.25) is 0 Å². The topological polar surface area (TPSA) is 60.2 Å². The Bertz CT molecular complexity index is 589. The van der Waals surface area contributed by atoms with Crippen molar-refractivity contribution in [3.8, 4) is 11.3 Å². The molecular weight excluding hydrogens is 254 g/mol. The van der Waals surface area contributed by atoms with Crippen LogP contribution in [0.3, 0.4) is 0 Å². The molecule has 2 aromatic rings. The second-order valence-electron chi connectivity index (χ2n) is 4.93. The van der Waals surface area contributed by atoms with Crippen molar-refractivity contribution in [1.82, 2.24) is 15.5 Å². The number of pyridine rings is 1. The van der Waals surface area contributed by atoms with Crippen LogP contribution in [0.2, 0.25) is 0 Å². The highest BCUT2D eigenvalue weighted by Crippen LogP contribution is 2.28. The van der Waals surface area contributed by atoms with E-state index in [1.807, 2.05) is 25.1 Å². The predicted octanol–water partition coefficient (Wildman–Crippen LogP) is 2.27. The number of nitrogens with one attached hydrogen (secondary N) is 1. The summed E-state index contributed by atoms with van der Waals surface area (Å²) in [5.41, 5.74) is 3.76. The maximum Gasteiger partial charge on any atom is 0.146 e. The van der Waals surface area contributed by atoms with Crippen molar-refractivity contribution in [2.75, 3.05) is 19.7 Å². The van der Waals surface area contributed by atoms with Gasteiger partial charge in [-0.1, -0.05) is 18.1 Å². The van der Waals surface area contributed by atoms with Crippen molar-refractivity contribution in [3.05, 3.63) is 35.3 Å². The van der Waals surface area contributed by atoms with Crippen LogP contribution in [0.25, 0.3) is 11.3 Å². The summed E-state index contributed by atoms with van der Waals surface area (Å²) in [6, 6.07) is 6.02. The molecule has 1 saturated heterocycles. The van der Waals surface area contributed by atoms with E-state index in [9.17, 15) is 0 Å². The van der Waals surface area contributed by atoms with E-state index < -0.39 is 0 Å². The van der Waals surface area contributed by atoms with Crippen molar-refractivity contribution < 1.29 is 9.26 Å². The number of aromatic nitrogens is 2. The summed E-state index contributed by atoms with van der Waals surface area (Å²) in [7, 11) is 0. The van der Waals surface area contributed by atoms with Gasteiger partial charge < -0.3 is 14.6 Å². The Labute approximate surface area is 118 Å². The summed E-state index contributed by atoms with van der Waals surface area (Å²) in [6.45, 7) is 6.44. The van der Waals surface area contributed by atoms with Crippen molar-refractivity contribution >= 4 is 0 Å². The lowest BCUT2D eigenvalue weighted by atomic mass is 10.1. The van der Waals surface area contributed by atoms with Crippen LogP contribution >= 0.6 is 0 Å². The van der Waals surface area contributed by atoms with Gasteiger partial charge in [0.15, 0.2) is 0 Å². The third-order valence-corrected chi connectivity index (χ3v) is 3.54. The highest BCUT2D eigenvalue weighted by atomic mass is 16.5. The summed E-state index contributed by atoms with van der Waals surface area (Å²) in [4.78, 5) is 4.74. The molecule has 0 amide bonds.